The van der Waals surface area contributed by atoms with Crippen molar-refractivity contribution in [3.8, 4) is 0 Å². The Morgan fingerprint density at radius 3 is 2.50 bits per heavy atom. The van der Waals surface area contributed by atoms with Crippen LogP contribution in [0, 0.1) is 18.6 Å². The van der Waals surface area contributed by atoms with E-state index >= 15 is 0 Å². The van der Waals surface area contributed by atoms with Gasteiger partial charge in [0.05, 0.1) is 6.04 Å². The fourth-order valence-corrected chi connectivity index (χ4v) is 2.05. The molecule has 0 saturated heterocycles. The Balaban J connectivity index is 2.50. The number of hydrogen-bond acceptors (Lipinski definition) is 1. The smallest absolute Gasteiger partial charge is 0.128 e. The Morgan fingerprint density at radius 1 is 1.06 bits per heavy atom. The molecule has 0 amide bonds. The first kappa shape index (κ1) is 13.0. The highest BCUT2D eigenvalue weighted by Gasteiger charge is 2.16. The third-order valence-corrected chi connectivity index (χ3v) is 3.10. The van der Waals surface area contributed by atoms with Crippen LogP contribution in [0.2, 0.25) is 5.02 Å². The summed E-state index contributed by atoms with van der Waals surface area (Å²) in [5.41, 5.74) is 7.61. The molecule has 2 N–H and O–H groups in total. The molecule has 0 bridgehead atoms. The number of rotatable bonds is 2. The SMILES string of the molecule is Cc1ccc(F)cc1C(N)c1cc(Cl)ccc1F. The van der Waals surface area contributed by atoms with Gasteiger partial charge in [0, 0.05) is 10.6 Å². The molecule has 0 saturated carbocycles. The third-order valence-electron chi connectivity index (χ3n) is 2.87. The molecule has 18 heavy (non-hydrogen) atoms. The predicted octanol–water partition coefficient (Wildman–Crippen LogP) is 3.97. The lowest BCUT2D eigenvalue weighted by Gasteiger charge is -2.16. The number of hydrogen-bond donors (Lipinski definition) is 1. The van der Waals surface area contributed by atoms with Gasteiger partial charge in [0.15, 0.2) is 0 Å². The van der Waals surface area contributed by atoms with Gasteiger partial charge in [0.25, 0.3) is 0 Å². The Kier molecular flexibility index (Phi) is 3.64. The van der Waals surface area contributed by atoms with E-state index in [1.54, 1.807) is 13.0 Å². The summed E-state index contributed by atoms with van der Waals surface area (Å²) in [5.74, 6) is -0.843. The number of nitrogens with two attached hydrogens (primary N) is 1. The van der Waals surface area contributed by atoms with Gasteiger partial charge < -0.3 is 5.73 Å². The van der Waals surface area contributed by atoms with Crippen LogP contribution >= 0.6 is 11.6 Å². The zero-order valence-corrected chi connectivity index (χ0v) is 10.5. The van der Waals surface area contributed by atoms with E-state index in [1.807, 2.05) is 0 Å². The first-order valence-electron chi connectivity index (χ1n) is 5.45. The number of halogens is 3. The van der Waals surface area contributed by atoms with E-state index in [4.69, 9.17) is 17.3 Å². The lowest BCUT2D eigenvalue weighted by molar-refractivity contribution is 0.595. The molecule has 0 aliphatic carbocycles. The van der Waals surface area contributed by atoms with E-state index in [-0.39, 0.29) is 5.56 Å². The van der Waals surface area contributed by atoms with Crippen LogP contribution in [0.5, 0.6) is 0 Å². The van der Waals surface area contributed by atoms with Crippen LogP contribution in [0.4, 0.5) is 8.78 Å². The van der Waals surface area contributed by atoms with E-state index in [0.717, 1.165) is 5.56 Å². The van der Waals surface area contributed by atoms with Gasteiger partial charge in [0.1, 0.15) is 11.6 Å². The molecule has 2 aromatic rings. The first-order chi connectivity index (χ1) is 8.49. The van der Waals surface area contributed by atoms with Crippen LogP contribution in [0.1, 0.15) is 22.7 Å². The quantitative estimate of drug-likeness (QED) is 0.875. The first-order valence-corrected chi connectivity index (χ1v) is 5.83. The predicted molar refractivity (Wildman–Crippen MR) is 68.6 cm³/mol. The van der Waals surface area contributed by atoms with Gasteiger partial charge in [0.2, 0.25) is 0 Å². The summed E-state index contributed by atoms with van der Waals surface area (Å²) >= 11 is 5.82. The second-order valence-corrected chi connectivity index (χ2v) is 4.58. The molecule has 0 aliphatic heterocycles. The minimum atomic E-state index is -0.737. The molecule has 4 heteroatoms. The highest BCUT2D eigenvalue weighted by molar-refractivity contribution is 6.30. The summed E-state index contributed by atoms with van der Waals surface area (Å²) in [6.07, 6.45) is 0. The van der Waals surface area contributed by atoms with Gasteiger partial charge in [-0.05, 0) is 48.4 Å². The zero-order valence-electron chi connectivity index (χ0n) is 9.75. The summed E-state index contributed by atoms with van der Waals surface area (Å²) in [5, 5.41) is 0.399. The summed E-state index contributed by atoms with van der Waals surface area (Å²) in [6, 6.07) is 7.72. The molecule has 0 aliphatic rings. The maximum absolute atomic E-state index is 13.7. The molecule has 0 aromatic heterocycles. The van der Waals surface area contributed by atoms with Crippen LogP contribution in [0.15, 0.2) is 36.4 Å². The Bertz CT molecular complexity index is 533. The zero-order chi connectivity index (χ0) is 13.3. The number of aryl methyl sites for hydroxylation is 1. The molecule has 2 rings (SSSR count). The minimum Gasteiger partial charge on any atom is -0.320 e. The van der Waals surface area contributed by atoms with E-state index in [9.17, 15) is 8.78 Å². The van der Waals surface area contributed by atoms with Crippen molar-refractivity contribution in [1.29, 1.82) is 0 Å². The Hall–Kier alpha value is -1.45. The topological polar surface area (TPSA) is 26.0 Å². The van der Waals surface area contributed by atoms with Gasteiger partial charge in [-0.15, -0.1) is 0 Å². The molecule has 0 radical (unpaired) electrons. The Labute approximate surface area is 109 Å². The minimum absolute atomic E-state index is 0.260. The molecule has 94 valence electrons. The maximum Gasteiger partial charge on any atom is 0.128 e. The summed E-state index contributed by atoms with van der Waals surface area (Å²) in [7, 11) is 0. The van der Waals surface area contributed by atoms with Crippen molar-refractivity contribution < 1.29 is 8.78 Å². The van der Waals surface area contributed by atoms with Crippen molar-refractivity contribution in [3.63, 3.8) is 0 Å². The fourth-order valence-electron chi connectivity index (χ4n) is 1.87. The second-order valence-electron chi connectivity index (χ2n) is 4.14. The summed E-state index contributed by atoms with van der Waals surface area (Å²) < 4.78 is 26.9. The van der Waals surface area contributed by atoms with Crippen molar-refractivity contribution in [1.82, 2.24) is 0 Å². The summed E-state index contributed by atoms with van der Waals surface area (Å²) in [6.45, 7) is 1.80. The molecule has 1 atom stereocenters. The van der Waals surface area contributed by atoms with Gasteiger partial charge in [-0.1, -0.05) is 17.7 Å². The van der Waals surface area contributed by atoms with E-state index in [0.29, 0.717) is 10.6 Å². The molecule has 0 fully saturated rings. The fraction of sp³-hybridized carbons (Fsp3) is 0.143. The largest absolute Gasteiger partial charge is 0.320 e. The monoisotopic (exact) mass is 267 g/mol. The molecular formula is C14H12ClF2N. The molecule has 0 heterocycles. The van der Waals surface area contributed by atoms with Crippen LogP contribution in [0.3, 0.4) is 0 Å². The lowest BCUT2D eigenvalue weighted by atomic mass is 9.95. The van der Waals surface area contributed by atoms with Crippen molar-refractivity contribution in [2.75, 3.05) is 0 Å². The van der Waals surface area contributed by atoms with Crippen molar-refractivity contribution >= 4 is 11.6 Å². The Morgan fingerprint density at radius 2 is 1.78 bits per heavy atom. The summed E-state index contributed by atoms with van der Waals surface area (Å²) in [4.78, 5) is 0. The highest BCUT2D eigenvalue weighted by atomic mass is 35.5. The van der Waals surface area contributed by atoms with Crippen molar-refractivity contribution in [3.05, 3.63) is 69.7 Å². The van der Waals surface area contributed by atoms with Gasteiger partial charge >= 0.3 is 0 Å². The van der Waals surface area contributed by atoms with Crippen LogP contribution in [-0.2, 0) is 0 Å². The third kappa shape index (κ3) is 2.52. The molecule has 1 unspecified atom stereocenters. The van der Waals surface area contributed by atoms with Crippen molar-refractivity contribution in [2.45, 2.75) is 13.0 Å². The molecular weight excluding hydrogens is 256 g/mol. The van der Waals surface area contributed by atoms with E-state index in [2.05, 4.69) is 0 Å². The van der Waals surface area contributed by atoms with Crippen LogP contribution < -0.4 is 5.73 Å². The second kappa shape index (κ2) is 5.04. The average Bonchev–Trinajstić information content (AvgIpc) is 2.34. The van der Waals surface area contributed by atoms with Gasteiger partial charge in [-0.2, -0.15) is 0 Å². The van der Waals surface area contributed by atoms with Crippen LogP contribution in [-0.4, -0.2) is 0 Å². The molecule has 0 spiro atoms. The van der Waals surface area contributed by atoms with E-state index in [1.165, 1.54) is 30.3 Å². The maximum atomic E-state index is 13.7. The standard InChI is InChI=1S/C14H12ClF2N/c1-8-2-4-10(16)7-11(8)14(18)12-6-9(15)3-5-13(12)17/h2-7,14H,18H2,1H3. The average molecular weight is 268 g/mol. The van der Waals surface area contributed by atoms with E-state index < -0.39 is 17.7 Å². The normalized spacial score (nSPS) is 12.5. The van der Waals surface area contributed by atoms with Crippen molar-refractivity contribution in [2.24, 2.45) is 5.73 Å². The molecule has 1 nitrogen and oxygen atoms in total. The molecule has 2 aromatic carbocycles. The van der Waals surface area contributed by atoms with Crippen LogP contribution in [0.25, 0.3) is 0 Å². The highest BCUT2D eigenvalue weighted by Crippen LogP contribution is 2.27. The lowest BCUT2D eigenvalue weighted by Crippen LogP contribution is -2.15. The number of benzene rings is 2. The van der Waals surface area contributed by atoms with Gasteiger partial charge in [-0.25, -0.2) is 8.78 Å². The van der Waals surface area contributed by atoms with Gasteiger partial charge in [-0.3, -0.25) is 0 Å².